The molecule has 0 bridgehead atoms. The number of pyridine rings is 2. The summed E-state index contributed by atoms with van der Waals surface area (Å²) in [5.74, 6) is 2.08. The van der Waals surface area contributed by atoms with Crippen LogP contribution in [0.15, 0.2) is 79.0 Å². The second-order valence-corrected chi connectivity index (χ2v) is 11.3. The Kier molecular flexibility index (Phi) is 5.72. The maximum Gasteiger partial charge on any atom is 0.219 e. The lowest BCUT2D eigenvalue weighted by molar-refractivity contribution is 0.456. The lowest BCUT2D eigenvalue weighted by Gasteiger charge is -2.20. The predicted molar refractivity (Wildman–Crippen MR) is 157 cm³/mol. The molecule has 39 heavy (non-hydrogen) atoms. The fourth-order valence-corrected chi connectivity index (χ4v) is 5.22. The zero-order chi connectivity index (χ0) is 27.5. The molecule has 0 spiro atoms. The lowest BCUT2D eigenvalue weighted by Crippen LogP contribution is -2.12. The molecule has 6 rings (SSSR count). The molecule has 6 aromatic rings. The van der Waals surface area contributed by atoms with Gasteiger partial charge < -0.3 is 14.9 Å². The van der Waals surface area contributed by atoms with Crippen molar-refractivity contribution in [2.75, 3.05) is 0 Å². The molecule has 3 aromatic carbocycles. The number of phenols is 2. The fourth-order valence-electron chi connectivity index (χ4n) is 5.22. The van der Waals surface area contributed by atoms with E-state index in [1.54, 1.807) is 12.1 Å². The SMILES string of the molecule is CC(C)c1cc(Oc2ccc3c(O)ccc(O)c3n2)cc2c1c1ccccc1n2-c1cc(C(C)(C)C)ccn1. The molecule has 0 fully saturated rings. The van der Waals surface area contributed by atoms with Gasteiger partial charge in [-0.05, 0) is 64.9 Å². The van der Waals surface area contributed by atoms with Crippen LogP contribution in [0.5, 0.6) is 23.1 Å². The summed E-state index contributed by atoms with van der Waals surface area (Å²) in [6.07, 6.45) is 1.88. The first-order valence-corrected chi connectivity index (χ1v) is 13.2. The van der Waals surface area contributed by atoms with Crippen molar-refractivity contribution in [3.63, 3.8) is 0 Å². The van der Waals surface area contributed by atoms with Crippen LogP contribution in [0.25, 0.3) is 38.5 Å². The third kappa shape index (κ3) is 4.22. The second-order valence-electron chi connectivity index (χ2n) is 11.3. The standard InChI is InChI=1S/C33H31N3O3/c1-19(2)24-17-21(39-30-13-10-23-27(37)11-12-28(38)32(23)35-30)18-26-31(24)22-8-6-7-9-25(22)36(26)29-16-20(14-15-34-29)33(3,4)5/h6-19,37-38H,1-5H3. The summed E-state index contributed by atoms with van der Waals surface area (Å²) in [7, 11) is 0. The Morgan fingerprint density at radius 2 is 1.59 bits per heavy atom. The summed E-state index contributed by atoms with van der Waals surface area (Å²) >= 11 is 0. The zero-order valence-electron chi connectivity index (χ0n) is 22.7. The van der Waals surface area contributed by atoms with Crippen molar-refractivity contribution >= 4 is 32.7 Å². The van der Waals surface area contributed by atoms with Crippen molar-refractivity contribution in [2.24, 2.45) is 0 Å². The molecular weight excluding hydrogens is 486 g/mol. The van der Waals surface area contributed by atoms with Crippen LogP contribution < -0.4 is 4.74 Å². The van der Waals surface area contributed by atoms with Gasteiger partial charge in [-0.2, -0.15) is 0 Å². The van der Waals surface area contributed by atoms with Crippen molar-refractivity contribution in [1.29, 1.82) is 0 Å². The number of para-hydroxylation sites is 1. The molecule has 6 heteroatoms. The van der Waals surface area contributed by atoms with E-state index in [4.69, 9.17) is 9.72 Å². The number of benzene rings is 3. The van der Waals surface area contributed by atoms with Crippen molar-refractivity contribution in [1.82, 2.24) is 14.5 Å². The van der Waals surface area contributed by atoms with E-state index in [-0.39, 0.29) is 28.3 Å². The molecule has 0 aliphatic heterocycles. The Hall–Kier alpha value is -4.58. The van der Waals surface area contributed by atoms with Crippen LogP contribution in [-0.4, -0.2) is 24.7 Å². The number of rotatable bonds is 4. The quantitative estimate of drug-likeness (QED) is 0.230. The average Bonchev–Trinajstić information content (AvgIpc) is 3.24. The molecule has 6 nitrogen and oxygen atoms in total. The van der Waals surface area contributed by atoms with Gasteiger partial charge in [0.05, 0.1) is 11.0 Å². The highest BCUT2D eigenvalue weighted by molar-refractivity contribution is 6.11. The zero-order valence-corrected chi connectivity index (χ0v) is 22.7. The van der Waals surface area contributed by atoms with Crippen molar-refractivity contribution in [3.05, 3.63) is 90.1 Å². The molecule has 0 saturated carbocycles. The third-order valence-corrected chi connectivity index (χ3v) is 7.25. The van der Waals surface area contributed by atoms with Crippen LogP contribution in [0.4, 0.5) is 0 Å². The molecule has 3 aromatic heterocycles. The molecule has 0 radical (unpaired) electrons. The van der Waals surface area contributed by atoms with Gasteiger partial charge >= 0.3 is 0 Å². The Morgan fingerprint density at radius 3 is 2.36 bits per heavy atom. The lowest BCUT2D eigenvalue weighted by atomic mass is 9.88. The summed E-state index contributed by atoms with van der Waals surface area (Å²) < 4.78 is 8.51. The largest absolute Gasteiger partial charge is 0.507 e. The van der Waals surface area contributed by atoms with Crippen LogP contribution in [0.1, 0.15) is 51.7 Å². The molecule has 0 saturated heterocycles. The minimum atomic E-state index is -0.0183. The number of fused-ring (bicyclic) bond motifs is 4. The molecule has 0 amide bonds. The highest BCUT2D eigenvalue weighted by atomic mass is 16.5. The maximum absolute atomic E-state index is 10.3. The van der Waals surface area contributed by atoms with Crippen LogP contribution in [0.3, 0.4) is 0 Å². The highest BCUT2D eigenvalue weighted by Gasteiger charge is 2.21. The average molecular weight is 518 g/mol. The Labute approximate surface area is 227 Å². The van der Waals surface area contributed by atoms with E-state index in [9.17, 15) is 10.2 Å². The first-order valence-electron chi connectivity index (χ1n) is 13.2. The maximum atomic E-state index is 10.3. The second kappa shape index (κ2) is 9.02. The van der Waals surface area contributed by atoms with Crippen LogP contribution in [0.2, 0.25) is 0 Å². The summed E-state index contributed by atoms with van der Waals surface area (Å²) in [6.45, 7) is 11.0. The number of phenolic OH excluding ortho intramolecular Hbond substituents is 2. The van der Waals surface area contributed by atoms with Crippen molar-refractivity contribution in [3.8, 4) is 28.9 Å². The molecule has 0 unspecified atom stereocenters. The number of hydrogen-bond donors (Lipinski definition) is 2. The number of ether oxygens (including phenoxy) is 1. The first-order chi connectivity index (χ1) is 18.6. The molecule has 0 aliphatic rings. The Morgan fingerprint density at radius 1 is 0.821 bits per heavy atom. The fraction of sp³-hybridized carbons (Fsp3) is 0.212. The Bertz CT molecular complexity index is 1880. The summed E-state index contributed by atoms with van der Waals surface area (Å²) in [4.78, 5) is 9.29. The molecule has 196 valence electrons. The van der Waals surface area contributed by atoms with Crippen LogP contribution in [0, 0.1) is 0 Å². The van der Waals surface area contributed by atoms with E-state index in [0.717, 1.165) is 27.8 Å². The smallest absolute Gasteiger partial charge is 0.219 e. The topological polar surface area (TPSA) is 80.4 Å². The predicted octanol–water partition coefficient (Wildman–Crippen LogP) is 8.35. The first kappa shape index (κ1) is 24.7. The molecular formula is C33H31N3O3. The van der Waals surface area contributed by atoms with E-state index in [0.29, 0.717) is 17.0 Å². The van der Waals surface area contributed by atoms with Gasteiger partial charge in [-0.15, -0.1) is 0 Å². The van der Waals surface area contributed by atoms with Gasteiger partial charge in [0, 0.05) is 34.5 Å². The highest BCUT2D eigenvalue weighted by Crippen LogP contribution is 2.41. The van der Waals surface area contributed by atoms with Gasteiger partial charge in [-0.1, -0.05) is 52.8 Å². The molecule has 0 atom stereocenters. The van der Waals surface area contributed by atoms with E-state index in [1.165, 1.54) is 23.1 Å². The third-order valence-electron chi connectivity index (χ3n) is 7.25. The number of hydrogen-bond acceptors (Lipinski definition) is 5. The van der Waals surface area contributed by atoms with E-state index in [1.807, 2.05) is 12.3 Å². The van der Waals surface area contributed by atoms with Gasteiger partial charge in [0.1, 0.15) is 28.6 Å². The van der Waals surface area contributed by atoms with Gasteiger partial charge in [-0.3, -0.25) is 4.57 Å². The van der Waals surface area contributed by atoms with Crippen LogP contribution >= 0.6 is 0 Å². The van der Waals surface area contributed by atoms with Crippen molar-refractivity contribution < 1.29 is 14.9 Å². The van der Waals surface area contributed by atoms with Gasteiger partial charge in [0.15, 0.2) is 0 Å². The molecule has 3 heterocycles. The normalized spacial score (nSPS) is 12.2. The summed E-state index contributed by atoms with van der Waals surface area (Å²) in [5.41, 5.74) is 4.71. The molecule has 2 N–H and O–H groups in total. The van der Waals surface area contributed by atoms with Crippen molar-refractivity contribution in [2.45, 2.75) is 46.0 Å². The summed E-state index contributed by atoms with van der Waals surface area (Å²) in [5, 5.41) is 23.3. The number of nitrogens with zero attached hydrogens (tertiary/aromatic N) is 3. The minimum absolute atomic E-state index is 0.0171. The van der Waals surface area contributed by atoms with E-state index < -0.39 is 0 Å². The number of aromatic nitrogens is 3. The summed E-state index contributed by atoms with van der Waals surface area (Å²) in [6, 6.07) is 23.0. The number of aromatic hydroxyl groups is 2. The van der Waals surface area contributed by atoms with Gasteiger partial charge in [-0.25, -0.2) is 9.97 Å². The molecule has 0 aliphatic carbocycles. The van der Waals surface area contributed by atoms with Crippen LogP contribution in [-0.2, 0) is 5.41 Å². The Balaban J connectivity index is 1.59. The minimum Gasteiger partial charge on any atom is -0.507 e. The van der Waals surface area contributed by atoms with Gasteiger partial charge in [0.2, 0.25) is 5.88 Å². The van der Waals surface area contributed by atoms with E-state index in [2.05, 4.69) is 86.6 Å². The van der Waals surface area contributed by atoms with E-state index >= 15 is 0 Å². The monoisotopic (exact) mass is 517 g/mol. The van der Waals surface area contributed by atoms with Gasteiger partial charge in [0.25, 0.3) is 0 Å².